The third-order valence-corrected chi connectivity index (χ3v) is 2.56. The Hall–Kier alpha value is -1.62. The topological polar surface area (TPSA) is 72.6 Å². The van der Waals surface area contributed by atoms with Gasteiger partial charge in [0.05, 0.1) is 17.1 Å². The van der Waals surface area contributed by atoms with Crippen LogP contribution in [0.3, 0.4) is 0 Å². The van der Waals surface area contributed by atoms with Crippen molar-refractivity contribution in [2.45, 2.75) is 39.4 Å². The summed E-state index contributed by atoms with van der Waals surface area (Å²) in [6.45, 7) is 5.45. The molecule has 94 valence electrons. The van der Waals surface area contributed by atoms with E-state index in [0.29, 0.717) is 11.3 Å². The molecule has 1 N–H and O–H groups in total. The maximum Gasteiger partial charge on any atom is 0.270 e. The molecule has 0 fully saturated rings. The number of benzene rings is 1. The Labute approximate surface area is 100 Å². The van der Waals surface area contributed by atoms with Crippen LogP contribution >= 0.6 is 0 Å². The minimum Gasteiger partial charge on any atom is -0.490 e. The molecule has 0 saturated carbocycles. The maximum absolute atomic E-state index is 10.6. The molecule has 0 aromatic heterocycles. The maximum atomic E-state index is 10.6. The second kappa shape index (κ2) is 5.63. The zero-order chi connectivity index (χ0) is 13.0. The van der Waals surface area contributed by atoms with Crippen molar-refractivity contribution < 1.29 is 14.8 Å². The van der Waals surface area contributed by atoms with E-state index in [-0.39, 0.29) is 11.8 Å². The molecule has 1 aromatic carbocycles. The van der Waals surface area contributed by atoms with E-state index in [1.807, 2.05) is 13.8 Å². The molecule has 0 aliphatic heterocycles. The first-order chi connectivity index (χ1) is 7.95. The lowest BCUT2D eigenvalue weighted by Gasteiger charge is -2.17. The van der Waals surface area contributed by atoms with E-state index in [2.05, 4.69) is 0 Å². The van der Waals surface area contributed by atoms with Crippen molar-refractivity contribution in [3.8, 4) is 5.75 Å². The van der Waals surface area contributed by atoms with E-state index in [4.69, 9.17) is 4.74 Å². The molecule has 1 unspecified atom stereocenters. The predicted molar refractivity (Wildman–Crippen MR) is 64.1 cm³/mol. The van der Waals surface area contributed by atoms with Gasteiger partial charge in [-0.1, -0.05) is 6.92 Å². The van der Waals surface area contributed by atoms with Crippen LogP contribution in [0.15, 0.2) is 18.2 Å². The molecule has 5 heteroatoms. The number of nitrogens with zero attached hydrogens (tertiary/aromatic N) is 1. The first kappa shape index (κ1) is 13.4. The molecule has 0 radical (unpaired) electrons. The Morgan fingerprint density at radius 1 is 1.47 bits per heavy atom. The number of aliphatic hydroxyl groups is 1. The van der Waals surface area contributed by atoms with Crippen LogP contribution in [0.1, 0.15) is 38.9 Å². The summed E-state index contributed by atoms with van der Waals surface area (Å²) in [5.41, 5.74) is 0.400. The highest BCUT2D eigenvalue weighted by Gasteiger charge is 2.16. The van der Waals surface area contributed by atoms with Gasteiger partial charge in [0.1, 0.15) is 5.75 Å². The van der Waals surface area contributed by atoms with Gasteiger partial charge < -0.3 is 9.84 Å². The van der Waals surface area contributed by atoms with E-state index >= 15 is 0 Å². The number of aliphatic hydroxyl groups excluding tert-OH is 1. The number of non-ortho nitro benzene ring substituents is 1. The van der Waals surface area contributed by atoms with Crippen LogP contribution < -0.4 is 4.74 Å². The summed E-state index contributed by atoms with van der Waals surface area (Å²) in [6.07, 6.45) is 0.0406. The van der Waals surface area contributed by atoms with E-state index in [9.17, 15) is 15.2 Å². The molecule has 2 atom stereocenters. The Kier molecular flexibility index (Phi) is 4.45. The predicted octanol–water partition coefficient (Wildman–Crippen LogP) is 2.83. The number of hydrogen-bond acceptors (Lipinski definition) is 4. The largest absolute Gasteiger partial charge is 0.490 e. The fourth-order valence-electron chi connectivity index (χ4n) is 1.38. The molecule has 1 rings (SSSR count). The van der Waals surface area contributed by atoms with Crippen molar-refractivity contribution in [2.75, 3.05) is 0 Å². The first-order valence-electron chi connectivity index (χ1n) is 5.58. The quantitative estimate of drug-likeness (QED) is 0.633. The lowest BCUT2D eigenvalue weighted by Crippen LogP contribution is -2.12. The summed E-state index contributed by atoms with van der Waals surface area (Å²) in [5.74, 6) is 0.500. The van der Waals surface area contributed by atoms with Crippen molar-refractivity contribution in [2.24, 2.45) is 0 Å². The molecule has 1 aromatic rings. The lowest BCUT2D eigenvalue weighted by atomic mass is 10.1. The van der Waals surface area contributed by atoms with Gasteiger partial charge >= 0.3 is 0 Å². The van der Waals surface area contributed by atoms with Crippen LogP contribution in [-0.4, -0.2) is 16.1 Å². The van der Waals surface area contributed by atoms with E-state index in [1.54, 1.807) is 6.92 Å². The van der Waals surface area contributed by atoms with Crippen molar-refractivity contribution in [1.29, 1.82) is 0 Å². The van der Waals surface area contributed by atoms with Crippen molar-refractivity contribution in [3.05, 3.63) is 33.9 Å². The monoisotopic (exact) mass is 239 g/mol. The minimum atomic E-state index is -0.797. The molecule has 0 bridgehead atoms. The van der Waals surface area contributed by atoms with Crippen LogP contribution in [0.5, 0.6) is 5.75 Å². The third-order valence-electron chi connectivity index (χ3n) is 2.56. The number of hydrogen-bond donors (Lipinski definition) is 1. The molecule has 0 aliphatic carbocycles. The van der Waals surface area contributed by atoms with Crippen LogP contribution in [0.2, 0.25) is 0 Å². The summed E-state index contributed by atoms with van der Waals surface area (Å²) in [6, 6.07) is 4.26. The van der Waals surface area contributed by atoms with Gasteiger partial charge in [-0.2, -0.15) is 0 Å². The zero-order valence-corrected chi connectivity index (χ0v) is 10.2. The van der Waals surface area contributed by atoms with Gasteiger partial charge in [0.25, 0.3) is 5.69 Å². The molecular formula is C12H17NO4. The second-order valence-electron chi connectivity index (χ2n) is 3.99. The van der Waals surface area contributed by atoms with E-state index in [1.165, 1.54) is 18.2 Å². The van der Waals surface area contributed by atoms with Gasteiger partial charge in [-0.3, -0.25) is 10.1 Å². The smallest absolute Gasteiger partial charge is 0.270 e. The number of nitro groups is 1. The summed E-state index contributed by atoms with van der Waals surface area (Å²) >= 11 is 0. The summed E-state index contributed by atoms with van der Waals surface area (Å²) in [5, 5.41) is 20.2. The highest BCUT2D eigenvalue weighted by Crippen LogP contribution is 2.30. The van der Waals surface area contributed by atoms with Crippen LogP contribution in [-0.2, 0) is 0 Å². The number of rotatable bonds is 5. The van der Waals surface area contributed by atoms with Gasteiger partial charge in [-0.25, -0.2) is 0 Å². The Balaban J connectivity index is 3.08. The number of nitro benzene ring substituents is 1. The van der Waals surface area contributed by atoms with Gasteiger partial charge in [0.2, 0.25) is 0 Å². The fraction of sp³-hybridized carbons (Fsp3) is 0.500. The van der Waals surface area contributed by atoms with Crippen LogP contribution in [0, 0.1) is 10.1 Å². The SMILES string of the molecule is CCC(C)Oc1ccc([N+](=O)[O-])cc1[C@H](C)O. The Morgan fingerprint density at radius 2 is 2.12 bits per heavy atom. The highest BCUT2D eigenvalue weighted by molar-refractivity contribution is 5.44. The first-order valence-corrected chi connectivity index (χ1v) is 5.58. The molecule has 0 saturated heterocycles. The average molecular weight is 239 g/mol. The second-order valence-corrected chi connectivity index (χ2v) is 3.99. The lowest BCUT2D eigenvalue weighted by molar-refractivity contribution is -0.385. The fourth-order valence-corrected chi connectivity index (χ4v) is 1.38. The van der Waals surface area contributed by atoms with Crippen LogP contribution in [0.4, 0.5) is 5.69 Å². The molecule has 0 heterocycles. The van der Waals surface area contributed by atoms with Gasteiger partial charge in [-0.15, -0.1) is 0 Å². The van der Waals surface area contributed by atoms with E-state index in [0.717, 1.165) is 6.42 Å². The van der Waals surface area contributed by atoms with Gasteiger partial charge in [-0.05, 0) is 26.3 Å². The molecule has 5 nitrogen and oxygen atoms in total. The molecule has 17 heavy (non-hydrogen) atoms. The zero-order valence-electron chi connectivity index (χ0n) is 10.2. The standard InChI is InChI=1S/C12H17NO4/c1-4-8(2)17-12-6-5-10(13(15)16)7-11(12)9(3)14/h5-9,14H,4H2,1-3H3/t8?,9-/m0/s1. The van der Waals surface area contributed by atoms with Crippen molar-refractivity contribution in [1.82, 2.24) is 0 Å². The molecule has 0 aliphatic rings. The third kappa shape index (κ3) is 3.42. The van der Waals surface area contributed by atoms with Gasteiger partial charge in [0.15, 0.2) is 0 Å². The minimum absolute atomic E-state index is 0.00829. The summed E-state index contributed by atoms with van der Waals surface area (Å²) in [7, 11) is 0. The summed E-state index contributed by atoms with van der Waals surface area (Å²) < 4.78 is 5.61. The van der Waals surface area contributed by atoms with E-state index < -0.39 is 11.0 Å². The molecule has 0 amide bonds. The molecule has 0 spiro atoms. The molecular weight excluding hydrogens is 222 g/mol. The van der Waals surface area contributed by atoms with Crippen molar-refractivity contribution >= 4 is 5.69 Å². The van der Waals surface area contributed by atoms with Crippen LogP contribution in [0.25, 0.3) is 0 Å². The Bertz CT molecular complexity index is 403. The average Bonchev–Trinajstić information content (AvgIpc) is 2.28. The summed E-state index contributed by atoms with van der Waals surface area (Å²) in [4.78, 5) is 10.2. The normalized spacial score (nSPS) is 14.1. The highest BCUT2D eigenvalue weighted by atomic mass is 16.6. The van der Waals surface area contributed by atoms with Gasteiger partial charge in [0, 0.05) is 17.7 Å². The van der Waals surface area contributed by atoms with Crippen molar-refractivity contribution in [3.63, 3.8) is 0 Å². The Morgan fingerprint density at radius 3 is 2.59 bits per heavy atom. The number of ether oxygens (including phenoxy) is 1.